The van der Waals surface area contributed by atoms with E-state index in [0.717, 1.165) is 6.92 Å². The molecule has 2 amide bonds. The number of nitrogens with zero attached hydrogens (tertiary/aromatic N) is 2. The largest absolute Gasteiger partial charge is 0.480 e. The van der Waals surface area contributed by atoms with Crippen LogP contribution in [0.3, 0.4) is 0 Å². The number of amides is 2. The number of carboxylic acid groups (broad SMARTS) is 6. The molecule has 16 heteroatoms. The highest BCUT2D eigenvalue weighted by Gasteiger charge is 2.45. The van der Waals surface area contributed by atoms with Crippen molar-refractivity contribution >= 4 is 36.1 Å². The second-order valence-corrected chi connectivity index (χ2v) is 5.61. The number of rotatable bonds is 11. The molecule has 0 saturated heterocycles. The van der Waals surface area contributed by atoms with Gasteiger partial charge in [0.1, 0.15) is 0 Å². The van der Waals surface area contributed by atoms with Crippen LogP contribution in [0.4, 0.5) is 9.59 Å². The molecular weight excluding hydrogens is 408 g/mol. The van der Waals surface area contributed by atoms with Crippen molar-refractivity contribution in [3.63, 3.8) is 0 Å². The van der Waals surface area contributed by atoms with E-state index >= 15 is 0 Å². The van der Waals surface area contributed by atoms with Gasteiger partial charge in [-0.05, 0) is 6.92 Å². The smallest absolute Gasteiger partial charge is 0.408 e. The molecule has 0 rings (SSSR count). The van der Waals surface area contributed by atoms with E-state index < -0.39 is 72.9 Å². The predicted molar refractivity (Wildman–Crippen MR) is 84.2 cm³/mol. The minimum absolute atomic E-state index is 0.150. The van der Waals surface area contributed by atoms with Crippen molar-refractivity contribution in [1.82, 2.24) is 9.80 Å². The minimum Gasteiger partial charge on any atom is -0.480 e. The van der Waals surface area contributed by atoms with Crippen LogP contribution in [-0.2, 0) is 19.2 Å². The number of aliphatic hydroxyl groups excluding tert-OH is 2. The fraction of sp³-hybridized carbons (Fsp3) is 0.538. The van der Waals surface area contributed by atoms with Gasteiger partial charge in [0.2, 0.25) is 0 Å². The highest BCUT2D eigenvalue weighted by atomic mass is 16.4. The van der Waals surface area contributed by atoms with E-state index in [9.17, 15) is 49.2 Å². The molecule has 5 unspecified atom stereocenters. The molecule has 0 spiro atoms. The SMILES string of the molecule is CC(CN(C(=O)O)C(C(=O)O)C(O)C(=O)O)N(C(=O)O)C(C(=O)O)C(O)C(=O)O. The predicted octanol–water partition coefficient (Wildman–Crippen LogP) is -2.87. The van der Waals surface area contributed by atoms with Crippen molar-refractivity contribution in [3.8, 4) is 0 Å². The summed E-state index contributed by atoms with van der Waals surface area (Å²) in [7, 11) is 0. The fourth-order valence-electron chi connectivity index (χ4n) is 2.38. The van der Waals surface area contributed by atoms with E-state index in [2.05, 4.69) is 0 Å². The number of carbonyl (C=O) groups is 6. The molecule has 0 aliphatic heterocycles. The first-order valence-corrected chi connectivity index (χ1v) is 7.43. The van der Waals surface area contributed by atoms with E-state index in [1.54, 1.807) is 0 Å². The Morgan fingerprint density at radius 1 is 0.655 bits per heavy atom. The van der Waals surface area contributed by atoms with Crippen LogP contribution in [0.15, 0.2) is 0 Å². The Balaban J connectivity index is 6.10. The van der Waals surface area contributed by atoms with Crippen LogP contribution in [-0.4, -0.2) is 124 Å². The standard InChI is InChI=1S/C13H18N2O14/c1-3(15(13(28)29)5(9(20)21)7(17)11(24)25)2-14(12(26)27)4(8(18)19)6(16)10(22)23/h3-7,16-17H,2H2,1H3,(H,18,19)(H,20,21)(H,22,23)(H,24,25)(H,26,27)(H,28,29). The first-order valence-electron chi connectivity index (χ1n) is 7.43. The summed E-state index contributed by atoms with van der Waals surface area (Å²) in [6, 6.07) is -7.04. The van der Waals surface area contributed by atoms with Crippen molar-refractivity contribution in [1.29, 1.82) is 0 Å². The van der Waals surface area contributed by atoms with Gasteiger partial charge in [-0.25, -0.2) is 28.8 Å². The Morgan fingerprint density at radius 3 is 1.31 bits per heavy atom. The third-order valence-electron chi connectivity index (χ3n) is 3.65. The van der Waals surface area contributed by atoms with Crippen LogP contribution >= 0.6 is 0 Å². The van der Waals surface area contributed by atoms with Crippen LogP contribution < -0.4 is 0 Å². The van der Waals surface area contributed by atoms with E-state index in [0.29, 0.717) is 0 Å². The van der Waals surface area contributed by atoms with Gasteiger partial charge >= 0.3 is 36.1 Å². The summed E-state index contributed by atoms with van der Waals surface area (Å²) in [5.74, 6) is -8.46. The minimum atomic E-state index is -2.77. The summed E-state index contributed by atoms with van der Waals surface area (Å²) in [6.45, 7) is -0.348. The number of carboxylic acids is 4. The lowest BCUT2D eigenvalue weighted by Crippen LogP contribution is -2.62. The Kier molecular flexibility index (Phi) is 8.77. The lowest BCUT2D eigenvalue weighted by Gasteiger charge is -2.37. The summed E-state index contributed by atoms with van der Waals surface area (Å²) in [4.78, 5) is 66.8. The van der Waals surface area contributed by atoms with Gasteiger partial charge in [0, 0.05) is 6.54 Å². The maximum absolute atomic E-state index is 11.4. The van der Waals surface area contributed by atoms with Gasteiger partial charge in [0.15, 0.2) is 24.3 Å². The van der Waals surface area contributed by atoms with Crippen molar-refractivity contribution in [2.75, 3.05) is 6.54 Å². The first-order chi connectivity index (χ1) is 13.1. The first kappa shape index (κ1) is 25.3. The highest BCUT2D eigenvalue weighted by molar-refractivity contribution is 5.88. The van der Waals surface area contributed by atoms with Crippen molar-refractivity contribution in [3.05, 3.63) is 0 Å². The van der Waals surface area contributed by atoms with Crippen molar-refractivity contribution in [2.45, 2.75) is 37.3 Å². The number of hydrogen-bond donors (Lipinski definition) is 8. The summed E-state index contributed by atoms with van der Waals surface area (Å²) in [6.07, 6.45) is -9.76. The normalized spacial score (nSPS) is 15.8. The molecule has 0 aliphatic carbocycles. The molecule has 0 aromatic rings. The molecule has 0 bridgehead atoms. The number of aliphatic carboxylic acids is 4. The molecule has 0 heterocycles. The summed E-state index contributed by atoms with van der Waals surface area (Å²) < 4.78 is 0. The molecule has 29 heavy (non-hydrogen) atoms. The molecule has 0 fully saturated rings. The van der Waals surface area contributed by atoms with Crippen LogP contribution in [0.5, 0.6) is 0 Å². The molecule has 5 atom stereocenters. The topological polar surface area (TPSA) is 271 Å². The van der Waals surface area contributed by atoms with E-state index in [1.807, 2.05) is 0 Å². The Labute approximate surface area is 160 Å². The molecule has 0 aromatic heterocycles. The van der Waals surface area contributed by atoms with Crippen LogP contribution in [0.2, 0.25) is 0 Å². The number of hydrogen-bond acceptors (Lipinski definition) is 8. The van der Waals surface area contributed by atoms with Gasteiger partial charge < -0.3 is 40.9 Å². The quantitative estimate of drug-likeness (QED) is 0.165. The van der Waals surface area contributed by atoms with Crippen LogP contribution in [0.25, 0.3) is 0 Å². The highest BCUT2D eigenvalue weighted by Crippen LogP contribution is 2.16. The third-order valence-corrected chi connectivity index (χ3v) is 3.65. The average molecular weight is 426 g/mol. The lowest BCUT2D eigenvalue weighted by atomic mass is 10.1. The summed E-state index contributed by atoms with van der Waals surface area (Å²) >= 11 is 0. The zero-order valence-electron chi connectivity index (χ0n) is 14.5. The lowest BCUT2D eigenvalue weighted by molar-refractivity contribution is -0.162. The maximum Gasteiger partial charge on any atom is 0.408 e. The van der Waals surface area contributed by atoms with Gasteiger partial charge in [-0.2, -0.15) is 0 Å². The van der Waals surface area contributed by atoms with Gasteiger partial charge in [-0.1, -0.05) is 0 Å². The molecule has 8 N–H and O–H groups in total. The maximum atomic E-state index is 11.4. The van der Waals surface area contributed by atoms with Crippen molar-refractivity contribution in [2.24, 2.45) is 0 Å². The van der Waals surface area contributed by atoms with Gasteiger partial charge in [0.05, 0.1) is 6.04 Å². The second-order valence-electron chi connectivity index (χ2n) is 5.61. The Hall–Kier alpha value is -3.66. The van der Waals surface area contributed by atoms with E-state index in [-0.39, 0.29) is 9.80 Å². The third kappa shape index (κ3) is 6.18. The van der Waals surface area contributed by atoms with E-state index in [4.69, 9.17) is 20.4 Å². The molecule has 0 aromatic carbocycles. The Bertz CT molecular complexity index is 693. The number of aliphatic hydroxyl groups is 2. The zero-order chi connectivity index (χ0) is 23.2. The fourth-order valence-corrected chi connectivity index (χ4v) is 2.38. The summed E-state index contributed by atoms with van der Waals surface area (Å²) in [5.41, 5.74) is 0. The van der Waals surface area contributed by atoms with Gasteiger partial charge in [0.25, 0.3) is 0 Å². The molecule has 0 aliphatic rings. The average Bonchev–Trinajstić information content (AvgIpc) is 2.56. The summed E-state index contributed by atoms with van der Waals surface area (Å²) in [5, 5.41) is 73.0. The van der Waals surface area contributed by atoms with Gasteiger partial charge in [-0.3, -0.25) is 9.80 Å². The Morgan fingerprint density at radius 2 is 1.03 bits per heavy atom. The zero-order valence-corrected chi connectivity index (χ0v) is 14.5. The van der Waals surface area contributed by atoms with E-state index in [1.165, 1.54) is 0 Å². The molecule has 0 saturated carbocycles. The molecule has 0 radical (unpaired) electrons. The molecule has 16 nitrogen and oxygen atoms in total. The van der Waals surface area contributed by atoms with Crippen LogP contribution in [0.1, 0.15) is 6.92 Å². The van der Waals surface area contributed by atoms with Crippen LogP contribution in [0, 0.1) is 0 Å². The molecular formula is C13H18N2O14. The van der Waals surface area contributed by atoms with Gasteiger partial charge in [-0.15, -0.1) is 0 Å². The van der Waals surface area contributed by atoms with Crippen molar-refractivity contribution < 1.29 is 69.6 Å². The monoisotopic (exact) mass is 426 g/mol. The molecule has 164 valence electrons. The second kappa shape index (κ2) is 10.0.